The molecule has 1 aliphatic carbocycles. The molecule has 1 heterocycles. The van der Waals surface area contributed by atoms with Crippen molar-refractivity contribution in [1.82, 2.24) is 18.8 Å². The monoisotopic (exact) mass is 481 g/mol. The van der Waals surface area contributed by atoms with Crippen LogP contribution in [0, 0.1) is 10.1 Å². The Kier molecular flexibility index (Phi) is 8.03. The molecule has 12 heteroatoms. The molecular formula is C21H31N5O6S. The summed E-state index contributed by atoms with van der Waals surface area (Å²) in [5, 5.41) is 13.5. The van der Waals surface area contributed by atoms with Crippen LogP contribution >= 0.6 is 0 Å². The number of hydrogen-bond donors (Lipinski definition) is 1. The zero-order valence-electron chi connectivity index (χ0n) is 19.0. The third-order valence-electron chi connectivity index (χ3n) is 6.37. The van der Waals surface area contributed by atoms with Crippen molar-refractivity contribution in [2.45, 2.75) is 51.1 Å². The Balaban J connectivity index is 1.54. The molecule has 1 atom stereocenters. The van der Waals surface area contributed by atoms with Gasteiger partial charge in [-0.2, -0.15) is 17.0 Å². The molecule has 2 amide bonds. The minimum Gasteiger partial charge on any atom is -0.341 e. The normalized spacial score (nSPS) is 19.3. The Labute approximate surface area is 194 Å². The highest BCUT2D eigenvalue weighted by molar-refractivity contribution is 7.86. The van der Waals surface area contributed by atoms with Crippen LogP contribution < -0.4 is 5.32 Å². The first-order chi connectivity index (χ1) is 15.6. The second-order valence-electron chi connectivity index (χ2n) is 8.54. The summed E-state index contributed by atoms with van der Waals surface area (Å²) in [6.45, 7) is 2.38. The number of nitro benzene ring substituents is 1. The minimum atomic E-state index is -3.59. The van der Waals surface area contributed by atoms with E-state index in [2.05, 4.69) is 5.32 Å². The highest BCUT2D eigenvalue weighted by Crippen LogP contribution is 2.25. The number of carbonyl (C=O) groups excluding carboxylic acids is 2. The maximum atomic E-state index is 13.0. The zero-order valence-corrected chi connectivity index (χ0v) is 19.8. The van der Waals surface area contributed by atoms with Crippen LogP contribution in [-0.2, 0) is 15.0 Å². The lowest BCUT2D eigenvalue weighted by Gasteiger charge is -2.39. The van der Waals surface area contributed by atoms with E-state index in [1.807, 2.05) is 0 Å². The fourth-order valence-corrected chi connectivity index (χ4v) is 5.91. The van der Waals surface area contributed by atoms with Crippen LogP contribution in [0.5, 0.6) is 0 Å². The number of nitro groups is 1. The van der Waals surface area contributed by atoms with Gasteiger partial charge in [0.1, 0.15) is 6.04 Å². The quantitative estimate of drug-likeness (QED) is 0.462. The SMILES string of the molecule is CC(NC(=O)c1cccc([N+](=O)[O-])c1)C(=O)N1CCN(S(=O)(=O)N(C)C2CCCCC2)CC1. The predicted octanol–water partition coefficient (Wildman–Crippen LogP) is 1.37. The topological polar surface area (TPSA) is 133 Å². The first-order valence-corrected chi connectivity index (χ1v) is 12.6. The summed E-state index contributed by atoms with van der Waals surface area (Å²) >= 11 is 0. The number of nitrogens with zero attached hydrogens (tertiary/aromatic N) is 4. The van der Waals surface area contributed by atoms with Gasteiger partial charge in [-0.25, -0.2) is 0 Å². The van der Waals surface area contributed by atoms with Gasteiger partial charge in [-0.15, -0.1) is 0 Å². The van der Waals surface area contributed by atoms with Crippen LogP contribution in [0.3, 0.4) is 0 Å². The Morgan fingerprint density at radius 1 is 1.15 bits per heavy atom. The van der Waals surface area contributed by atoms with Crippen molar-refractivity contribution < 1.29 is 22.9 Å². The maximum Gasteiger partial charge on any atom is 0.282 e. The van der Waals surface area contributed by atoms with Crippen LogP contribution in [0.25, 0.3) is 0 Å². The van der Waals surface area contributed by atoms with Crippen molar-refractivity contribution >= 4 is 27.7 Å². The van der Waals surface area contributed by atoms with E-state index in [1.54, 1.807) is 7.05 Å². The van der Waals surface area contributed by atoms with E-state index in [9.17, 15) is 28.1 Å². The number of amides is 2. The number of piperazine rings is 1. The van der Waals surface area contributed by atoms with Gasteiger partial charge in [0.15, 0.2) is 0 Å². The Hall–Kier alpha value is -2.57. The van der Waals surface area contributed by atoms with E-state index >= 15 is 0 Å². The molecule has 1 aromatic carbocycles. The average Bonchev–Trinajstić information content (AvgIpc) is 2.83. The molecule has 1 saturated heterocycles. The number of carbonyl (C=O) groups is 2. The van der Waals surface area contributed by atoms with Crippen LogP contribution in [-0.4, -0.2) is 84.0 Å². The summed E-state index contributed by atoms with van der Waals surface area (Å²) in [5.41, 5.74) is -0.123. The fourth-order valence-electron chi connectivity index (χ4n) is 4.33. The lowest BCUT2D eigenvalue weighted by Crippen LogP contribution is -2.57. The van der Waals surface area contributed by atoms with Gasteiger partial charge in [0, 0.05) is 57.0 Å². The molecule has 2 aliphatic rings. The molecule has 1 saturated carbocycles. The summed E-state index contributed by atoms with van der Waals surface area (Å²) in [5.74, 6) is -0.915. The van der Waals surface area contributed by atoms with Gasteiger partial charge in [-0.3, -0.25) is 19.7 Å². The Bertz CT molecular complexity index is 987. The van der Waals surface area contributed by atoms with Gasteiger partial charge >= 0.3 is 0 Å². The van der Waals surface area contributed by atoms with Gasteiger partial charge in [0.25, 0.3) is 21.8 Å². The number of hydrogen-bond acceptors (Lipinski definition) is 6. The van der Waals surface area contributed by atoms with Crippen LogP contribution in [0.2, 0.25) is 0 Å². The predicted molar refractivity (Wildman–Crippen MR) is 122 cm³/mol. The standard InChI is InChI=1S/C21H31N5O6S/c1-16(22-20(27)17-7-6-10-19(15-17)26(29)30)21(28)24-11-13-25(14-12-24)33(31,32)23(2)18-8-4-3-5-9-18/h6-7,10,15-16,18H,3-5,8-9,11-14H2,1-2H3,(H,22,27). The van der Waals surface area contributed by atoms with Crippen LogP contribution in [0.1, 0.15) is 49.4 Å². The molecule has 1 aliphatic heterocycles. The van der Waals surface area contributed by atoms with Gasteiger partial charge in [-0.05, 0) is 25.8 Å². The summed E-state index contributed by atoms with van der Waals surface area (Å²) in [6.07, 6.45) is 4.95. The number of rotatable bonds is 7. The third-order valence-corrected chi connectivity index (χ3v) is 8.41. The van der Waals surface area contributed by atoms with Crippen LogP contribution in [0.4, 0.5) is 5.69 Å². The van der Waals surface area contributed by atoms with E-state index in [4.69, 9.17) is 0 Å². The van der Waals surface area contributed by atoms with Gasteiger partial charge in [0.2, 0.25) is 5.91 Å². The van der Waals surface area contributed by atoms with Crippen molar-refractivity contribution in [3.63, 3.8) is 0 Å². The summed E-state index contributed by atoms with van der Waals surface area (Å²) < 4.78 is 28.9. The molecule has 0 radical (unpaired) electrons. The van der Waals surface area contributed by atoms with Crippen molar-refractivity contribution in [3.8, 4) is 0 Å². The van der Waals surface area contributed by atoms with E-state index in [-0.39, 0.29) is 49.4 Å². The second kappa shape index (κ2) is 10.6. The van der Waals surface area contributed by atoms with Gasteiger partial charge in [0.05, 0.1) is 4.92 Å². The van der Waals surface area contributed by atoms with E-state index < -0.39 is 27.1 Å². The summed E-state index contributed by atoms with van der Waals surface area (Å²) in [7, 11) is -1.96. The molecule has 0 bridgehead atoms. The molecule has 1 N–H and O–H groups in total. The second-order valence-corrected chi connectivity index (χ2v) is 10.5. The lowest BCUT2D eigenvalue weighted by atomic mass is 9.96. The average molecular weight is 482 g/mol. The fraction of sp³-hybridized carbons (Fsp3) is 0.619. The molecule has 33 heavy (non-hydrogen) atoms. The van der Waals surface area contributed by atoms with Crippen LogP contribution in [0.15, 0.2) is 24.3 Å². The molecule has 2 fully saturated rings. The van der Waals surface area contributed by atoms with E-state index in [1.165, 1.54) is 38.6 Å². The highest BCUT2D eigenvalue weighted by Gasteiger charge is 2.36. The summed E-state index contributed by atoms with van der Waals surface area (Å²) in [4.78, 5) is 37.1. The molecule has 0 aromatic heterocycles. The molecule has 0 spiro atoms. The van der Waals surface area contributed by atoms with E-state index in [0.29, 0.717) is 0 Å². The molecule has 182 valence electrons. The lowest BCUT2D eigenvalue weighted by molar-refractivity contribution is -0.384. The minimum absolute atomic E-state index is 0.0208. The zero-order chi connectivity index (χ0) is 24.2. The Morgan fingerprint density at radius 3 is 2.39 bits per heavy atom. The third kappa shape index (κ3) is 5.87. The molecule has 1 aromatic rings. The highest BCUT2D eigenvalue weighted by atomic mass is 32.2. The number of non-ortho nitro benzene ring substituents is 1. The largest absolute Gasteiger partial charge is 0.341 e. The first-order valence-electron chi connectivity index (χ1n) is 11.2. The molecule has 1 unspecified atom stereocenters. The Morgan fingerprint density at radius 2 is 1.79 bits per heavy atom. The molecular weight excluding hydrogens is 450 g/mol. The van der Waals surface area contributed by atoms with Crippen molar-refractivity contribution in [2.24, 2.45) is 0 Å². The first kappa shape index (κ1) is 25.1. The maximum absolute atomic E-state index is 13.0. The van der Waals surface area contributed by atoms with Crippen molar-refractivity contribution in [3.05, 3.63) is 39.9 Å². The number of nitrogens with one attached hydrogen (secondary N) is 1. The van der Waals surface area contributed by atoms with E-state index in [0.717, 1.165) is 38.2 Å². The van der Waals surface area contributed by atoms with Gasteiger partial charge in [-0.1, -0.05) is 25.3 Å². The van der Waals surface area contributed by atoms with Crippen molar-refractivity contribution in [1.29, 1.82) is 0 Å². The van der Waals surface area contributed by atoms with Crippen molar-refractivity contribution in [2.75, 3.05) is 33.2 Å². The molecule has 3 rings (SSSR count). The van der Waals surface area contributed by atoms with Gasteiger partial charge < -0.3 is 10.2 Å². The smallest absolute Gasteiger partial charge is 0.282 e. The molecule has 11 nitrogen and oxygen atoms in total. The summed E-state index contributed by atoms with van der Waals surface area (Å²) in [6, 6.07) is 4.44. The number of benzene rings is 1.